The largest absolute Gasteiger partial charge is 0.508 e. The number of nitrogen functional groups attached to an aromatic ring is 1. The molecule has 2 unspecified atom stereocenters. The van der Waals surface area contributed by atoms with E-state index in [-0.39, 0.29) is 34.0 Å². The number of rotatable bonds is 5. The Morgan fingerprint density at radius 3 is 2.72 bits per heavy atom. The number of anilines is 1. The van der Waals surface area contributed by atoms with Crippen LogP contribution in [0.2, 0.25) is 0 Å². The van der Waals surface area contributed by atoms with Crippen molar-refractivity contribution in [2.45, 2.75) is 31.6 Å². The molecule has 5 heteroatoms. The molecular formula is C20H28Br2N2O. The molecule has 0 fully saturated rings. The van der Waals surface area contributed by atoms with Crippen LogP contribution in [0.4, 0.5) is 5.69 Å². The Morgan fingerprint density at radius 1 is 1.20 bits per heavy atom. The summed E-state index contributed by atoms with van der Waals surface area (Å²) in [5.41, 5.74) is 10.8. The molecule has 0 saturated heterocycles. The highest BCUT2D eigenvalue weighted by atomic mass is 79.9. The SMILES string of the molecule is Br.Br.CNCC(Cc1cccc(N)c1)C1CCCc2cc(O)ccc21. The van der Waals surface area contributed by atoms with Crippen LogP contribution in [0.3, 0.4) is 0 Å². The smallest absolute Gasteiger partial charge is 0.115 e. The van der Waals surface area contributed by atoms with Gasteiger partial charge in [0.15, 0.2) is 0 Å². The highest BCUT2D eigenvalue weighted by Gasteiger charge is 2.28. The van der Waals surface area contributed by atoms with Crippen LogP contribution in [0.5, 0.6) is 5.75 Å². The highest BCUT2D eigenvalue weighted by Crippen LogP contribution is 2.39. The summed E-state index contributed by atoms with van der Waals surface area (Å²) in [7, 11) is 2.02. The molecule has 2 atom stereocenters. The van der Waals surface area contributed by atoms with Gasteiger partial charge < -0.3 is 16.2 Å². The maximum atomic E-state index is 9.76. The van der Waals surface area contributed by atoms with Crippen molar-refractivity contribution in [2.75, 3.05) is 19.3 Å². The summed E-state index contributed by atoms with van der Waals surface area (Å²) in [6.45, 7) is 0.986. The summed E-state index contributed by atoms with van der Waals surface area (Å²) in [6, 6.07) is 14.1. The molecule has 0 bridgehead atoms. The van der Waals surface area contributed by atoms with E-state index in [0.717, 1.165) is 25.1 Å². The van der Waals surface area contributed by atoms with Gasteiger partial charge in [-0.15, -0.1) is 34.0 Å². The zero-order valence-corrected chi connectivity index (χ0v) is 18.0. The molecule has 2 aromatic rings. The lowest BCUT2D eigenvalue weighted by Gasteiger charge is -2.33. The Morgan fingerprint density at radius 2 is 2.00 bits per heavy atom. The van der Waals surface area contributed by atoms with Gasteiger partial charge in [0.2, 0.25) is 0 Å². The molecule has 0 aromatic heterocycles. The zero-order chi connectivity index (χ0) is 16.2. The first-order valence-corrected chi connectivity index (χ1v) is 8.48. The minimum Gasteiger partial charge on any atom is -0.508 e. The summed E-state index contributed by atoms with van der Waals surface area (Å²) in [5, 5.41) is 13.1. The number of aryl methyl sites for hydroxylation is 1. The second kappa shape index (κ2) is 10.2. The Labute approximate surface area is 171 Å². The predicted molar refractivity (Wildman–Crippen MR) is 116 cm³/mol. The molecule has 0 amide bonds. The molecule has 0 aliphatic heterocycles. The molecule has 0 saturated carbocycles. The van der Waals surface area contributed by atoms with Gasteiger partial charge in [0.25, 0.3) is 0 Å². The minimum atomic E-state index is 0. The number of nitrogens with one attached hydrogen (secondary N) is 1. The van der Waals surface area contributed by atoms with Crippen LogP contribution in [-0.4, -0.2) is 18.7 Å². The summed E-state index contributed by atoms with van der Waals surface area (Å²) >= 11 is 0. The third kappa shape index (κ3) is 5.47. The highest BCUT2D eigenvalue weighted by molar-refractivity contribution is 8.93. The second-order valence-electron chi connectivity index (χ2n) is 6.65. The van der Waals surface area contributed by atoms with Crippen LogP contribution in [0.1, 0.15) is 35.4 Å². The van der Waals surface area contributed by atoms with Crippen molar-refractivity contribution in [1.29, 1.82) is 0 Å². The third-order valence-electron chi connectivity index (χ3n) is 4.97. The number of fused-ring (bicyclic) bond motifs is 1. The van der Waals surface area contributed by atoms with Crippen LogP contribution >= 0.6 is 34.0 Å². The summed E-state index contributed by atoms with van der Waals surface area (Å²) in [6.07, 6.45) is 4.51. The number of hydrogen-bond donors (Lipinski definition) is 3. The second-order valence-corrected chi connectivity index (χ2v) is 6.65. The number of phenols is 1. The topological polar surface area (TPSA) is 58.3 Å². The molecule has 0 radical (unpaired) electrons. The van der Waals surface area contributed by atoms with E-state index in [1.165, 1.54) is 29.5 Å². The van der Waals surface area contributed by atoms with E-state index >= 15 is 0 Å². The van der Waals surface area contributed by atoms with Gasteiger partial charge in [0, 0.05) is 5.69 Å². The van der Waals surface area contributed by atoms with Gasteiger partial charge in [-0.2, -0.15) is 0 Å². The summed E-state index contributed by atoms with van der Waals surface area (Å²) in [5.74, 6) is 1.45. The van der Waals surface area contributed by atoms with Gasteiger partial charge in [0.05, 0.1) is 0 Å². The molecule has 25 heavy (non-hydrogen) atoms. The van der Waals surface area contributed by atoms with E-state index in [2.05, 4.69) is 23.5 Å². The van der Waals surface area contributed by atoms with Gasteiger partial charge in [-0.1, -0.05) is 18.2 Å². The van der Waals surface area contributed by atoms with Crippen LogP contribution in [-0.2, 0) is 12.8 Å². The van der Waals surface area contributed by atoms with E-state index in [4.69, 9.17) is 5.73 Å². The number of aromatic hydroxyl groups is 1. The fourth-order valence-corrected chi connectivity index (χ4v) is 3.97. The molecule has 2 aromatic carbocycles. The maximum Gasteiger partial charge on any atom is 0.115 e. The first kappa shape index (κ1) is 22.0. The number of phenolic OH excluding ortho intramolecular Hbond substituents is 1. The van der Waals surface area contributed by atoms with Crippen molar-refractivity contribution in [3.63, 3.8) is 0 Å². The quantitative estimate of drug-likeness (QED) is 0.557. The molecule has 1 aliphatic rings. The van der Waals surface area contributed by atoms with Crippen molar-refractivity contribution in [3.8, 4) is 5.75 Å². The average Bonchev–Trinajstić information content (AvgIpc) is 2.53. The third-order valence-corrected chi connectivity index (χ3v) is 4.97. The Balaban J connectivity index is 0.00000156. The average molecular weight is 472 g/mol. The van der Waals surface area contributed by atoms with Crippen molar-refractivity contribution in [1.82, 2.24) is 5.32 Å². The molecule has 4 N–H and O–H groups in total. The lowest BCUT2D eigenvalue weighted by Crippen LogP contribution is -2.29. The van der Waals surface area contributed by atoms with Crippen LogP contribution in [0.25, 0.3) is 0 Å². The van der Waals surface area contributed by atoms with Gasteiger partial charge >= 0.3 is 0 Å². The van der Waals surface area contributed by atoms with Gasteiger partial charge in [-0.3, -0.25) is 0 Å². The van der Waals surface area contributed by atoms with Crippen LogP contribution in [0.15, 0.2) is 42.5 Å². The number of benzene rings is 2. The number of nitrogens with two attached hydrogens (primary N) is 1. The summed E-state index contributed by atoms with van der Waals surface area (Å²) < 4.78 is 0. The molecule has 138 valence electrons. The van der Waals surface area contributed by atoms with Crippen LogP contribution < -0.4 is 11.1 Å². The molecule has 3 rings (SSSR count). The molecule has 3 nitrogen and oxygen atoms in total. The molecule has 0 spiro atoms. The van der Waals surface area contributed by atoms with E-state index < -0.39 is 0 Å². The first-order valence-electron chi connectivity index (χ1n) is 8.48. The minimum absolute atomic E-state index is 0. The predicted octanol–water partition coefficient (Wildman–Crippen LogP) is 4.63. The van der Waals surface area contributed by atoms with Crippen molar-refractivity contribution in [2.24, 2.45) is 5.92 Å². The number of halogens is 2. The molecule has 0 heterocycles. The lowest BCUT2D eigenvalue weighted by atomic mass is 9.73. The Hall–Kier alpha value is -1.04. The molecule has 1 aliphatic carbocycles. The van der Waals surface area contributed by atoms with Gasteiger partial charge in [-0.05, 0) is 92.1 Å². The maximum absolute atomic E-state index is 9.76. The monoisotopic (exact) mass is 470 g/mol. The van der Waals surface area contributed by atoms with Crippen LogP contribution in [0, 0.1) is 5.92 Å². The van der Waals surface area contributed by atoms with E-state index in [9.17, 15) is 5.11 Å². The van der Waals surface area contributed by atoms with Gasteiger partial charge in [-0.25, -0.2) is 0 Å². The first-order chi connectivity index (χ1) is 11.2. The lowest BCUT2D eigenvalue weighted by molar-refractivity contribution is 0.365. The van der Waals surface area contributed by atoms with Crippen molar-refractivity contribution >= 4 is 39.7 Å². The standard InChI is InChI=1S/C20H26N2O.2BrH/c1-22-13-16(10-14-4-2-6-17(21)11-14)19-7-3-5-15-12-18(23)8-9-20(15)19;;/h2,4,6,8-9,11-12,16,19,22-23H,3,5,7,10,13,21H2,1H3;2*1H. The fourth-order valence-electron chi connectivity index (χ4n) is 3.97. The Kier molecular flexibility index (Phi) is 8.97. The van der Waals surface area contributed by atoms with E-state index in [1.807, 2.05) is 31.3 Å². The van der Waals surface area contributed by atoms with Crippen molar-refractivity contribution < 1.29 is 5.11 Å². The number of hydrogen-bond acceptors (Lipinski definition) is 3. The molecular weight excluding hydrogens is 444 g/mol. The normalized spacial score (nSPS) is 16.9. The summed E-state index contributed by atoms with van der Waals surface area (Å²) in [4.78, 5) is 0. The van der Waals surface area contributed by atoms with Gasteiger partial charge in [0.1, 0.15) is 5.75 Å². The van der Waals surface area contributed by atoms with Crippen molar-refractivity contribution in [3.05, 3.63) is 59.2 Å². The Bertz CT molecular complexity index is 678. The van der Waals surface area contributed by atoms with E-state index in [0.29, 0.717) is 17.6 Å². The van der Waals surface area contributed by atoms with E-state index in [1.54, 1.807) is 0 Å². The zero-order valence-electron chi connectivity index (χ0n) is 14.6. The fraction of sp³-hybridized carbons (Fsp3) is 0.400.